The van der Waals surface area contributed by atoms with Crippen LogP contribution in [0, 0.1) is 0 Å². The Morgan fingerprint density at radius 2 is 2.07 bits per heavy atom. The van der Waals surface area contributed by atoms with E-state index in [9.17, 15) is 13.2 Å². The zero-order chi connectivity index (χ0) is 20.3. The molecule has 0 radical (unpaired) electrons. The number of rotatable bonds is 7. The molecular weight excluding hydrogens is 418 g/mol. The van der Waals surface area contributed by atoms with E-state index in [-0.39, 0.29) is 23.5 Å². The number of carbonyl (C=O) groups excluding carboxylic acids is 1. The van der Waals surface area contributed by atoms with Crippen LogP contribution in [0.25, 0.3) is 6.08 Å². The largest absolute Gasteiger partial charge is 0.490 e. The number of hydrogen-bond donors (Lipinski definition) is 0. The van der Waals surface area contributed by atoms with Crippen molar-refractivity contribution in [1.82, 2.24) is 4.90 Å². The maximum atomic E-state index is 12.8. The fourth-order valence-corrected chi connectivity index (χ4v) is 6.24. The number of thioether (sulfide) groups is 1. The van der Waals surface area contributed by atoms with E-state index in [2.05, 4.69) is 0 Å². The van der Waals surface area contributed by atoms with E-state index >= 15 is 0 Å². The summed E-state index contributed by atoms with van der Waals surface area (Å²) in [5, 5.41) is 0. The van der Waals surface area contributed by atoms with Crippen molar-refractivity contribution in [3.05, 3.63) is 28.7 Å². The molecule has 2 heterocycles. The predicted octanol–water partition coefficient (Wildman–Crippen LogP) is 3.26. The number of nitrogens with zero attached hydrogens (tertiary/aromatic N) is 1. The summed E-state index contributed by atoms with van der Waals surface area (Å²) in [4.78, 5) is 14.8. The van der Waals surface area contributed by atoms with E-state index in [1.165, 1.54) is 16.7 Å². The minimum atomic E-state index is -3.09. The third-order valence-electron chi connectivity index (χ3n) is 4.42. The molecule has 2 saturated heterocycles. The average molecular weight is 442 g/mol. The lowest BCUT2D eigenvalue weighted by atomic mass is 10.1. The van der Waals surface area contributed by atoms with Crippen molar-refractivity contribution >= 4 is 50.1 Å². The summed E-state index contributed by atoms with van der Waals surface area (Å²) in [5.41, 5.74) is 0.798. The van der Waals surface area contributed by atoms with Gasteiger partial charge in [-0.2, -0.15) is 0 Å². The molecule has 1 aromatic carbocycles. The second-order valence-electron chi connectivity index (χ2n) is 6.60. The Bertz CT molecular complexity index is 910. The van der Waals surface area contributed by atoms with Gasteiger partial charge in [0.25, 0.3) is 5.91 Å². The van der Waals surface area contributed by atoms with Gasteiger partial charge in [-0.1, -0.05) is 37.0 Å². The molecule has 3 rings (SSSR count). The molecule has 2 aliphatic rings. The van der Waals surface area contributed by atoms with Crippen LogP contribution in [-0.4, -0.2) is 54.3 Å². The van der Waals surface area contributed by atoms with Crippen molar-refractivity contribution in [2.75, 3.05) is 24.7 Å². The Hall–Kier alpha value is -1.58. The second-order valence-corrected chi connectivity index (χ2v) is 10.5. The maximum Gasteiger partial charge on any atom is 0.266 e. The maximum absolute atomic E-state index is 12.8. The number of hydrogen-bond acceptors (Lipinski definition) is 7. The molecule has 28 heavy (non-hydrogen) atoms. The van der Waals surface area contributed by atoms with E-state index in [1.54, 1.807) is 6.08 Å². The van der Waals surface area contributed by atoms with Crippen LogP contribution in [0.1, 0.15) is 32.3 Å². The van der Waals surface area contributed by atoms with Crippen molar-refractivity contribution < 1.29 is 22.7 Å². The number of thiocarbonyl (C=S) groups is 1. The van der Waals surface area contributed by atoms with Gasteiger partial charge in [-0.3, -0.25) is 9.69 Å². The fourth-order valence-electron chi connectivity index (χ4n) is 3.14. The van der Waals surface area contributed by atoms with Crippen molar-refractivity contribution in [3.63, 3.8) is 0 Å². The van der Waals surface area contributed by atoms with E-state index in [0.29, 0.717) is 40.4 Å². The highest BCUT2D eigenvalue weighted by Gasteiger charge is 2.42. The summed E-state index contributed by atoms with van der Waals surface area (Å²) in [5.74, 6) is 1.14. The van der Waals surface area contributed by atoms with Gasteiger partial charge in [0.15, 0.2) is 21.3 Å². The van der Waals surface area contributed by atoms with Gasteiger partial charge in [0.1, 0.15) is 4.32 Å². The molecule has 1 atom stereocenters. The Balaban J connectivity index is 1.82. The summed E-state index contributed by atoms with van der Waals surface area (Å²) < 4.78 is 35.3. The highest BCUT2D eigenvalue weighted by molar-refractivity contribution is 8.26. The number of carbonyl (C=O) groups is 1. The molecule has 6 nitrogen and oxygen atoms in total. The van der Waals surface area contributed by atoms with E-state index in [0.717, 1.165) is 12.0 Å². The van der Waals surface area contributed by atoms with Crippen LogP contribution in [0.3, 0.4) is 0 Å². The highest BCUT2D eigenvalue weighted by Crippen LogP contribution is 2.37. The number of ether oxygens (including phenoxy) is 2. The Kier molecular flexibility index (Phi) is 6.67. The first-order chi connectivity index (χ1) is 13.3. The molecule has 0 spiro atoms. The SMILES string of the molecule is CCCOc1ccc(/C=C2\SC(=S)N([C@H]3CCS(=O)(=O)C3)C2=O)cc1OCC. The standard InChI is InChI=1S/C19H23NO5S3/c1-3-8-25-15-6-5-13(10-16(15)24-4-2)11-17-18(21)20(19(26)27-17)14-7-9-28(22,23)12-14/h5-6,10-11,14H,3-4,7-9,12H2,1-2H3/b17-11-/t14-/m0/s1. The molecule has 152 valence electrons. The lowest BCUT2D eigenvalue weighted by Gasteiger charge is -2.20. The van der Waals surface area contributed by atoms with Crippen molar-refractivity contribution in [1.29, 1.82) is 0 Å². The first-order valence-electron chi connectivity index (χ1n) is 9.21. The van der Waals surface area contributed by atoms with Gasteiger partial charge < -0.3 is 9.47 Å². The Morgan fingerprint density at radius 3 is 2.71 bits per heavy atom. The first kappa shape index (κ1) is 21.1. The minimum absolute atomic E-state index is 0.0231. The first-order valence-corrected chi connectivity index (χ1v) is 12.3. The third kappa shape index (κ3) is 4.69. The third-order valence-corrected chi connectivity index (χ3v) is 7.50. The summed E-state index contributed by atoms with van der Waals surface area (Å²) in [6.45, 7) is 5.04. The van der Waals surface area contributed by atoms with E-state index < -0.39 is 9.84 Å². The van der Waals surface area contributed by atoms with Gasteiger partial charge in [0, 0.05) is 0 Å². The van der Waals surface area contributed by atoms with Gasteiger partial charge in [0.05, 0.1) is 35.7 Å². The quantitative estimate of drug-likeness (QED) is 0.475. The molecular formula is C19H23NO5S3. The van der Waals surface area contributed by atoms with Crippen molar-refractivity contribution in [2.45, 2.75) is 32.7 Å². The summed E-state index contributed by atoms with van der Waals surface area (Å²) in [6.07, 6.45) is 3.08. The smallest absolute Gasteiger partial charge is 0.266 e. The monoisotopic (exact) mass is 441 g/mol. The molecule has 2 aliphatic heterocycles. The zero-order valence-corrected chi connectivity index (χ0v) is 18.3. The Morgan fingerprint density at radius 1 is 1.29 bits per heavy atom. The number of sulfone groups is 1. The van der Waals surface area contributed by atoms with Gasteiger partial charge in [-0.05, 0) is 43.5 Å². The molecule has 0 aromatic heterocycles. The predicted molar refractivity (Wildman–Crippen MR) is 115 cm³/mol. The number of amides is 1. The van der Waals surface area contributed by atoms with Crippen LogP contribution in [0.4, 0.5) is 0 Å². The Labute approximate surface area is 175 Å². The lowest BCUT2D eigenvalue weighted by Crippen LogP contribution is -2.39. The topological polar surface area (TPSA) is 72.9 Å². The minimum Gasteiger partial charge on any atom is -0.490 e. The van der Waals surface area contributed by atoms with Crippen molar-refractivity contribution in [2.24, 2.45) is 0 Å². The van der Waals surface area contributed by atoms with E-state index in [1.807, 2.05) is 32.0 Å². The van der Waals surface area contributed by atoms with Crippen LogP contribution >= 0.6 is 24.0 Å². The van der Waals surface area contributed by atoms with E-state index in [4.69, 9.17) is 21.7 Å². The molecule has 2 fully saturated rings. The molecule has 9 heteroatoms. The fraction of sp³-hybridized carbons (Fsp3) is 0.474. The lowest BCUT2D eigenvalue weighted by molar-refractivity contribution is -0.123. The molecule has 0 saturated carbocycles. The average Bonchev–Trinajstić information content (AvgIpc) is 3.13. The van der Waals surface area contributed by atoms with Gasteiger partial charge in [-0.15, -0.1) is 0 Å². The molecule has 0 bridgehead atoms. The van der Waals surface area contributed by atoms with Crippen LogP contribution < -0.4 is 9.47 Å². The molecule has 1 aromatic rings. The summed E-state index contributed by atoms with van der Waals surface area (Å²) in [6, 6.07) is 5.16. The van der Waals surface area contributed by atoms with Gasteiger partial charge in [0.2, 0.25) is 0 Å². The summed E-state index contributed by atoms with van der Waals surface area (Å²) in [7, 11) is -3.09. The normalized spacial score (nSPS) is 22.9. The molecule has 0 aliphatic carbocycles. The van der Waals surface area contributed by atoms with Crippen LogP contribution in [-0.2, 0) is 14.6 Å². The molecule has 1 amide bonds. The van der Waals surface area contributed by atoms with Crippen LogP contribution in [0.2, 0.25) is 0 Å². The summed E-state index contributed by atoms with van der Waals surface area (Å²) >= 11 is 6.55. The second kappa shape index (κ2) is 8.84. The highest BCUT2D eigenvalue weighted by atomic mass is 32.2. The molecule has 0 N–H and O–H groups in total. The van der Waals surface area contributed by atoms with Gasteiger partial charge in [-0.25, -0.2) is 8.42 Å². The zero-order valence-electron chi connectivity index (χ0n) is 15.8. The molecule has 0 unspecified atom stereocenters. The van der Waals surface area contributed by atoms with Crippen molar-refractivity contribution in [3.8, 4) is 11.5 Å². The van der Waals surface area contributed by atoms with Gasteiger partial charge >= 0.3 is 0 Å². The van der Waals surface area contributed by atoms with Crippen LogP contribution in [0.15, 0.2) is 23.1 Å². The number of benzene rings is 1. The van der Waals surface area contributed by atoms with Crippen LogP contribution in [0.5, 0.6) is 11.5 Å².